The van der Waals surface area contributed by atoms with Crippen LogP contribution in [0.5, 0.6) is 0 Å². The van der Waals surface area contributed by atoms with Crippen LogP contribution >= 0.6 is 0 Å². The van der Waals surface area contributed by atoms with Gasteiger partial charge in [-0.2, -0.15) is 4.31 Å². The molecule has 0 aliphatic carbocycles. The maximum absolute atomic E-state index is 12.4. The summed E-state index contributed by atoms with van der Waals surface area (Å²) in [5.74, 6) is -0.00778. The van der Waals surface area contributed by atoms with Gasteiger partial charge in [0.2, 0.25) is 10.0 Å². The SMILES string of the molecule is COCC1=CCN(S(=O)(=O)Cc2ccc(CO)cc2)CC1. The molecular formula is C15H21NO4S. The number of nitrogens with zero attached hydrogens (tertiary/aromatic N) is 1. The fraction of sp³-hybridized carbons (Fsp3) is 0.467. The second-order valence-electron chi connectivity index (χ2n) is 5.13. The minimum atomic E-state index is -3.31. The van der Waals surface area contributed by atoms with E-state index in [1.165, 1.54) is 4.31 Å². The number of methoxy groups -OCH3 is 1. The molecule has 1 heterocycles. The minimum absolute atomic E-state index is 0.00778. The maximum Gasteiger partial charge on any atom is 0.218 e. The molecule has 6 heteroatoms. The summed E-state index contributed by atoms with van der Waals surface area (Å²) in [6.45, 7) is 1.45. The Morgan fingerprint density at radius 1 is 1.24 bits per heavy atom. The molecule has 5 nitrogen and oxygen atoms in total. The van der Waals surface area contributed by atoms with Crippen LogP contribution in [0.2, 0.25) is 0 Å². The Morgan fingerprint density at radius 2 is 1.90 bits per heavy atom. The number of aliphatic hydroxyl groups is 1. The van der Waals surface area contributed by atoms with Crippen molar-refractivity contribution in [1.82, 2.24) is 4.31 Å². The standard InChI is InChI=1S/C15H21NO4S/c1-20-11-14-6-8-16(9-7-14)21(18,19)12-15-4-2-13(10-17)3-5-15/h2-6,17H,7-12H2,1H3. The molecular weight excluding hydrogens is 290 g/mol. The number of rotatable bonds is 6. The molecule has 0 radical (unpaired) electrons. The van der Waals surface area contributed by atoms with Crippen molar-refractivity contribution in [2.75, 3.05) is 26.8 Å². The topological polar surface area (TPSA) is 66.8 Å². The molecule has 116 valence electrons. The van der Waals surface area contributed by atoms with Gasteiger partial charge in [0.25, 0.3) is 0 Å². The second kappa shape index (κ2) is 7.17. The Labute approximate surface area is 125 Å². The van der Waals surface area contributed by atoms with Crippen LogP contribution in [0.15, 0.2) is 35.9 Å². The summed E-state index contributed by atoms with van der Waals surface area (Å²) in [4.78, 5) is 0. The van der Waals surface area contributed by atoms with Gasteiger partial charge < -0.3 is 9.84 Å². The number of hydrogen-bond donors (Lipinski definition) is 1. The number of ether oxygens (including phenoxy) is 1. The molecule has 0 atom stereocenters. The van der Waals surface area contributed by atoms with Crippen LogP contribution in [-0.2, 0) is 27.1 Å². The fourth-order valence-corrected chi connectivity index (χ4v) is 3.77. The second-order valence-corrected chi connectivity index (χ2v) is 7.10. The Morgan fingerprint density at radius 3 is 2.43 bits per heavy atom. The summed E-state index contributed by atoms with van der Waals surface area (Å²) in [5.41, 5.74) is 2.66. The van der Waals surface area contributed by atoms with Crippen molar-refractivity contribution in [3.63, 3.8) is 0 Å². The van der Waals surface area contributed by atoms with Crippen LogP contribution in [0.3, 0.4) is 0 Å². The average Bonchev–Trinajstić information content (AvgIpc) is 2.48. The lowest BCUT2D eigenvalue weighted by Gasteiger charge is -2.25. The van der Waals surface area contributed by atoms with Crippen molar-refractivity contribution in [3.05, 3.63) is 47.0 Å². The monoisotopic (exact) mass is 311 g/mol. The van der Waals surface area contributed by atoms with Crippen molar-refractivity contribution in [2.24, 2.45) is 0 Å². The highest BCUT2D eigenvalue weighted by molar-refractivity contribution is 7.88. The summed E-state index contributed by atoms with van der Waals surface area (Å²) >= 11 is 0. The van der Waals surface area contributed by atoms with Gasteiger partial charge in [0.05, 0.1) is 19.0 Å². The van der Waals surface area contributed by atoms with Gasteiger partial charge >= 0.3 is 0 Å². The number of hydrogen-bond acceptors (Lipinski definition) is 4. The van der Waals surface area contributed by atoms with Crippen molar-refractivity contribution >= 4 is 10.0 Å². The first kappa shape index (κ1) is 16.2. The zero-order valence-corrected chi connectivity index (χ0v) is 13.0. The Balaban J connectivity index is 2.02. The van der Waals surface area contributed by atoms with E-state index in [9.17, 15) is 8.42 Å². The Kier molecular flexibility index (Phi) is 5.52. The van der Waals surface area contributed by atoms with E-state index < -0.39 is 10.0 Å². The number of benzene rings is 1. The van der Waals surface area contributed by atoms with Crippen LogP contribution in [0.1, 0.15) is 17.5 Å². The van der Waals surface area contributed by atoms with Crippen molar-refractivity contribution < 1.29 is 18.3 Å². The van der Waals surface area contributed by atoms with E-state index in [2.05, 4.69) is 0 Å². The summed E-state index contributed by atoms with van der Waals surface area (Å²) in [6.07, 6.45) is 2.65. The lowest BCUT2D eigenvalue weighted by atomic mass is 10.1. The van der Waals surface area contributed by atoms with E-state index in [0.717, 1.165) is 23.1 Å². The minimum Gasteiger partial charge on any atom is -0.392 e. The quantitative estimate of drug-likeness (QED) is 0.804. The van der Waals surface area contributed by atoms with Crippen LogP contribution in [0.4, 0.5) is 0 Å². The van der Waals surface area contributed by atoms with Crippen molar-refractivity contribution in [2.45, 2.75) is 18.8 Å². The molecule has 0 saturated carbocycles. The molecule has 1 aromatic carbocycles. The molecule has 21 heavy (non-hydrogen) atoms. The van der Waals surface area contributed by atoms with Crippen molar-refractivity contribution in [3.8, 4) is 0 Å². The predicted octanol–water partition coefficient (Wildman–Crippen LogP) is 1.29. The third kappa shape index (κ3) is 4.38. The lowest BCUT2D eigenvalue weighted by molar-refractivity contribution is 0.219. The van der Waals surface area contributed by atoms with Crippen LogP contribution < -0.4 is 0 Å². The largest absolute Gasteiger partial charge is 0.392 e. The smallest absolute Gasteiger partial charge is 0.218 e. The van der Waals surface area contributed by atoms with E-state index in [-0.39, 0.29) is 12.4 Å². The van der Waals surface area contributed by atoms with Crippen LogP contribution in [0, 0.1) is 0 Å². The molecule has 0 saturated heterocycles. The van der Waals surface area contributed by atoms with E-state index in [1.807, 2.05) is 6.08 Å². The zero-order valence-electron chi connectivity index (χ0n) is 12.2. The highest BCUT2D eigenvalue weighted by atomic mass is 32.2. The highest BCUT2D eigenvalue weighted by Crippen LogP contribution is 2.18. The molecule has 0 spiro atoms. The molecule has 0 fully saturated rings. The molecule has 0 bridgehead atoms. The number of aliphatic hydroxyl groups excluding tert-OH is 1. The summed E-state index contributed by atoms with van der Waals surface area (Å²) in [7, 11) is -1.67. The van der Waals surface area contributed by atoms with E-state index >= 15 is 0 Å². The van der Waals surface area contributed by atoms with Gasteiger partial charge in [0, 0.05) is 20.2 Å². The third-order valence-corrected chi connectivity index (χ3v) is 5.36. The van der Waals surface area contributed by atoms with Gasteiger partial charge in [0.1, 0.15) is 0 Å². The van der Waals surface area contributed by atoms with E-state index in [4.69, 9.17) is 9.84 Å². The normalized spacial score (nSPS) is 16.8. The highest BCUT2D eigenvalue weighted by Gasteiger charge is 2.24. The van der Waals surface area contributed by atoms with Gasteiger partial charge in [-0.15, -0.1) is 0 Å². The molecule has 1 aliphatic heterocycles. The van der Waals surface area contributed by atoms with Crippen LogP contribution in [0.25, 0.3) is 0 Å². The first-order valence-corrected chi connectivity index (χ1v) is 8.49. The molecule has 0 unspecified atom stereocenters. The lowest BCUT2D eigenvalue weighted by Crippen LogP contribution is -2.36. The van der Waals surface area contributed by atoms with Gasteiger partial charge in [0.15, 0.2) is 0 Å². The van der Waals surface area contributed by atoms with Crippen LogP contribution in [-0.4, -0.2) is 44.6 Å². The molecule has 0 amide bonds. The van der Waals surface area contributed by atoms with Crippen molar-refractivity contribution in [1.29, 1.82) is 0 Å². The summed E-state index contributed by atoms with van der Waals surface area (Å²) < 4.78 is 31.3. The molecule has 1 N–H and O–H groups in total. The van der Waals surface area contributed by atoms with Gasteiger partial charge in [-0.1, -0.05) is 30.3 Å². The zero-order chi connectivity index (χ0) is 15.3. The fourth-order valence-electron chi connectivity index (χ4n) is 2.30. The van der Waals surface area contributed by atoms with Gasteiger partial charge in [-0.05, 0) is 23.1 Å². The summed E-state index contributed by atoms with van der Waals surface area (Å²) in [5, 5.41) is 8.99. The van der Waals surface area contributed by atoms with E-state index in [0.29, 0.717) is 19.7 Å². The van der Waals surface area contributed by atoms with Gasteiger partial charge in [-0.3, -0.25) is 0 Å². The molecule has 0 aromatic heterocycles. The molecule has 1 aromatic rings. The first-order chi connectivity index (χ1) is 10.0. The third-order valence-electron chi connectivity index (χ3n) is 3.54. The van der Waals surface area contributed by atoms with E-state index in [1.54, 1.807) is 31.4 Å². The first-order valence-electron chi connectivity index (χ1n) is 6.88. The Bertz CT molecular complexity index is 593. The number of sulfonamides is 1. The predicted molar refractivity (Wildman–Crippen MR) is 81.1 cm³/mol. The average molecular weight is 311 g/mol. The summed E-state index contributed by atoms with van der Waals surface area (Å²) in [6, 6.07) is 6.99. The Hall–Kier alpha value is -1.21. The van der Waals surface area contributed by atoms with Gasteiger partial charge in [-0.25, -0.2) is 8.42 Å². The molecule has 1 aliphatic rings. The maximum atomic E-state index is 12.4. The molecule has 2 rings (SSSR count).